The maximum atomic E-state index is 13.0. The van der Waals surface area contributed by atoms with Crippen molar-refractivity contribution in [2.75, 3.05) is 13.7 Å². The molecule has 4 heteroatoms. The number of carbonyl (C=O) groups is 1. The molecule has 0 N–H and O–H groups in total. The minimum atomic E-state index is -0.388. The number of benzene rings is 2. The quantitative estimate of drug-likeness (QED) is 0.869. The summed E-state index contributed by atoms with van der Waals surface area (Å²) in [6, 6.07) is 16.1. The fourth-order valence-electron chi connectivity index (χ4n) is 3.71. The molecule has 2 heterocycles. The zero-order valence-electron chi connectivity index (χ0n) is 13.8. The molecule has 0 bridgehead atoms. The van der Waals surface area contributed by atoms with Crippen molar-refractivity contribution in [3.8, 4) is 11.5 Å². The Morgan fingerprint density at radius 1 is 1.17 bits per heavy atom. The number of para-hydroxylation sites is 1. The van der Waals surface area contributed by atoms with Crippen LogP contribution in [0.1, 0.15) is 30.0 Å². The van der Waals surface area contributed by atoms with Crippen molar-refractivity contribution in [2.24, 2.45) is 0 Å². The van der Waals surface area contributed by atoms with Crippen molar-refractivity contribution in [3.63, 3.8) is 0 Å². The summed E-state index contributed by atoms with van der Waals surface area (Å²) in [5.74, 6) is 1.78. The van der Waals surface area contributed by atoms with Crippen molar-refractivity contribution >= 4 is 5.91 Å². The van der Waals surface area contributed by atoms with Crippen LogP contribution in [0.4, 0.5) is 0 Å². The molecule has 0 aromatic heterocycles. The molecule has 124 valence electrons. The first kappa shape index (κ1) is 15.1. The molecule has 24 heavy (non-hydrogen) atoms. The van der Waals surface area contributed by atoms with Gasteiger partial charge in [0, 0.05) is 13.0 Å². The van der Waals surface area contributed by atoms with Gasteiger partial charge >= 0.3 is 0 Å². The molecule has 2 aromatic carbocycles. The Bertz CT molecular complexity index is 716. The van der Waals surface area contributed by atoms with Gasteiger partial charge in [-0.05, 0) is 42.2 Å². The van der Waals surface area contributed by atoms with E-state index in [9.17, 15) is 4.79 Å². The number of rotatable bonds is 3. The third-order valence-electron chi connectivity index (χ3n) is 4.96. The fourth-order valence-corrected chi connectivity index (χ4v) is 3.71. The predicted molar refractivity (Wildman–Crippen MR) is 91.2 cm³/mol. The van der Waals surface area contributed by atoms with E-state index in [0.717, 1.165) is 42.0 Å². The second-order valence-corrected chi connectivity index (χ2v) is 6.38. The van der Waals surface area contributed by atoms with Crippen LogP contribution in [0.2, 0.25) is 0 Å². The third-order valence-corrected chi connectivity index (χ3v) is 4.96. The number of hydrogen-bond donors (Lipinski definition) is 0. The van der Waals surface area contributed by atoms with Crippen molar-refractivity contribution in [1.29, 1.82) is 0 Å². The van der Waals surface area contributed by atoms with E-state index in [1.165, 1.54) is 0 Å². The Morgan fingerprint density at radius 2 is 1.96 bits per heavy atom. The lowest BCUT2D eigenvalue weighted by Crippen LogP contribution is -2.40. The van der Waals surface area contributed by atoms with Crippen LogP contribution in [0.15, 0.2) is 48.5 Å². The highest BCUT2D eigenvalue weighted by Crippen LogP contribution is 2.36. The number of nitrogens with zero attached hydrogens (tertiary/aromatic N) is 1. The Kier molecular flexibility index (Phi) is 3.89. The Balaban J connectivity index is 1.51. The van der Waals surface area contributed by atoms with E-state index in [4.69, 9.17) is 9.47 Å². The maximum absolute atomic E-state index is 13.0. The van der Waals surface area contributed by atoms with E-state index < -0.39 is 0 Å². The van der Waals surface area contributed by atoms with Crippen LogP contribution in [0.5, 0.6) is 11.5 Å². The van der Waals surface area contributed by atoms with Gasteiger partial charge in [-0.3, -0.25) is 4.79 Å². The third kappa shape index (κ3) is 2.62. The molecule has 0 aliphatic carbocycles. The molecule has 1 fully saturated rings. The number of methoxy groups -OCH3 is 1. The molecule has 1 amide bonds. The molecule has 2 aliphatic heterocycles. The maximum Gasteiger partial charge on any atom is 0.264 e. The monoisotopic (exact) mass is 323 g/mol. The number of likely N-dealkylation sites (tertiary alicyclic amines) is 1. The molecule has 0 spiro atoms. The van der Waals surface area contributed by atoms with Gasteiger partial charge < -0.3 is 14.4 Å². The van der Waals surface area contributed by atoms with Crippen LogP contribution in [0.25, 0.3) is 0 Å². The molecular formula is C20H21NO3. The van der Waals surface area contributed by atoms with E-state index in [0.29, 0.717) is 6.42 Å². The first-order chi connectivity index (χ1) is 11.8. The second-order valence-electron chi connectivity index (χ2n) is 6.38. The average Bonchev–Trinajstić information content (AvgIpc) is 3.28. The lowest BCUT2D eigenvalue weighted by atomic mass is 10.0. The first-order valence-electron chi connectivity index (χ1n) is 8.45. The van der Waals surface area contributed by atoms with Crippen molar-refractivity contribution in [1.82, 2.24) is 4.90 Å². The summed E-state index contributed by atoms with van der Waals surface area (Å²) in [7, 11) is 1.66. The summed E-state index contributed by atoms with van der Waals surface area (Å²) in [6.07, 6.45) is 2.31. The van der Waals surface area contributed by atoms with Crippen molar-refractivity contribution < 1.29 is 14.3 Å². The Hall–Kier alpha value is -2.49. The molecule has 2 aromatic rings. The molecule has 4 nitrogen and oxygen atoms in total. The fraction of sp³-hybridized carbons (Fsp3) is 0.350. The van der Waals surface area contributed by atoms with Crippen LogP contribution in [0, 0.1) is 0 Å². The molecule has 0 unspecified atom stereocenters. The molecule has 1 saturated heterocycles. The van der Waals surface area contributed by atoms with Crippen LogP contribution in [-0.4, -0.2) is 30.6 Å². The van der Waals surface area contributed by atoms with Gasteiger partial charge in [0.05, 0.1) is 13.2 Å². The number of ether oxygens (including phenoxy) is 2. The van der Waals surface area contributed by atoms with Gasteiger partial charge in [-0.1, -0.05) is 30.3 Å². The number of carbonyl (C=O) groups excluding carboxylic acids is 1. The standard InChI is InChI=1S/C20H21NO3/c1-23-16-10-8-14(9-11-16)17-6-4-12-21(17)20(22)19-13-15-5-2-3-7-18(15)24-19/h2-3,5,7-11,17,19H,4,6,12-13H2,1H3/t17-,19-/m0/s1. The lowest BCUT2D eigenvalue weighted by molar-refractivity contribution is -0.138. The predicted octanol–water partition coefficient (Wildman–Crippen LogP) is 3.36. The van der Waals surface area contributed by atoms with Gasteiger partial charge in [-0.25, -0.2) is 0 Å². The van der Waals surface area contributed by atoms with Crippen LogP contribution in [-0.2, 0) is 11.2 Å². The van der Waals surface area contributed by atoms with Crippen LogP contribution < -0.4 is 9.47 Å². The smallest absolute Gasteiger partial charge is 0.264 e. The minimum Gasteiger partial charge on any atom is -0.497 e. The zero-order chi connectivity index (χ0) is 16.5. The van der Waals surface area contributed by atoms with Gasteiger partial charge in [-0.15, -0.1) is 0 Å². The van der Waals surface area contributed by atoms with E-state index in [2.05, 4.69) is 12.1 Å². The van der Waals surface area contributed by atoms with E-state index in [1.807, 2.05) is 41.3 Å². The van der Waals surface area contributed by atoms with Crippen LogP contribution in [0.3, 0.4) is 0 Å². The van der Waals surface area contributed by atoms with E-state index >= 15 is 0 Å². The summed E-state index contributed by atoms with van der Waals surface area (Å²) in [4.78, 5) is 15.0. The van der Waals surface area contributed by atoms with E-state index in [1.54, 1.807) is 7.11 Å². The topological polar surface area (TPSA) is 38.8 Å². The molecule has 2 atom stereocenters. The highest BCUT2D eigenvalue weighted by atomic mass is 16.5. The first-order valence-corrected chi connectivity index (χ1v) is 8.45. The molecular weight excluding hydrogens is 302 g/mol. The normalized spacial score (nSPS) is 22.1. The van der Waals surface area contributed by atoms with Crippen molar-refractivity contribution in [2.45, 2.75) is 31.4 Å². The molecule has 2 aliphatic rings. The SMILES string of the molecule is COc1ccc([C@@H]2CCCN2C(=O)[C@@H]2Cc3ccccc3O2)cc1. The highest BCUT2D eigenvalue weighted by Gasteiger charge is 2.37. The largest absolute Gasteiger partial charge is 0.497 e. The van der Waals surface area contributed by atoms with Crippen LogP contribution >= 0.6 is 0 Å². The van der Waals surface area contributed by atoms with Gasteiger partial charge in [0.1, 0.15) is 11.5 Å². The number of hydrogen-bond acceptors (Lipinski definition) is 3. The average molecular weight is 323 g/mol. The molecule has 0 saturated carbocycles. The van der Waals surface area contributed by atoms with Gasteiger partial charge in [0.25, 0.3) is 5.91 Å². The highest BCUT2D eigenvalue weighted by molar-refractivity contribution is 5.83. The zero-order valence-corrected chi connectivity index (χ0v) is 13.8. The molecule has 4 rings (SSSR count). The summed E-state index contributed by atoms with van der Waals surface area (Å²) in [5, 5.41) is 0. The summed E-state index contributed by atoms with van der Waals surface area (Å²) in [6.45, 7) is 0.797. The lowest BCUT2D eigenvalue weighted by Gasteiger charge is -2.27. The van der Waals surface area contributed by atoms with Gasteiger partial charge in [0.15, 0.2) is 6.10 Å². The van der Waals surface area contributed by atoms with E-state index in [-0.39, 0.29) is 18.1 Å². The number of amides is 1. The minimum absolute atomic E-state index is 0.101. The Morgan fingerprint density at radius 3 is 2.71 bits per heavy atom. The summed E-state index contributed by atoms with van der Waals surface area (Å²) in [5.41, 5.74) is 2.29. The second kappa shape index (κ2) is 6.19. The van der Waals surface area contributed by atoms with Crippen molar-refractivity contribution in [3.05, 3.63) is 59.7 Å². The van der Waals surface area contributed by atoms with Gasteiger partial charge in [-0.2, -0.15) is 0 Å². The van der Waals surface area contributed by atoms with Gasteiger partial charge in [0.2, 0.25) is 0 Å². The molecule has 0 radical (unpaired) electrons. The summed E-state index contributed by atoms with van der Waals surface area (Å²) < 4.78 is 11.1. The number of fused-ring (bicyclic) bond motifs is 1. The Labute approximate surface area is 142 Å². The summed E-state index contributed by atoms with van der Waals surface area (Å²) >= 11 is 0.